The molecule has 118 valence electrons. The highest BCUT2D eigenvalue weighted by atomic mass is 32.2. The quantitative estimate of drug-likeness (QED) is 0.725. The van der Waals surface area contributed by atoms with Crippen LogP contribution >= 0.6 is 11.8 Å². The zero-order valence-electron chi connectivity index (χ0n) is 12.9. The van der Waals surface area contributed by atoms with E-state index in [1.807, 2.05) is 31.2 Å². The van der Waals surface area contributed by atoms with Gasteiger partial charge in [0.2, 0.25) is 11.9 Å². The number of anilines is 1. The van der Waals surface area contributed by atoms with Crippen molar-refractivity contribution in [1.82, 2.24) is 29.5 Å². The van der Waals surface area contributed by atoms with E-state index >= 15 is 0 Å². The van der Waals surface area contributed by atoms with E-state index in [0.717, 1.165) is 17.1 Å². The maximum absolute atomic E-state index is 12.0. The zero-order chi connectivity index (χ0) is 16.4. The Balaban J connectivity index is 1.70. The number of nitrogens with zero attached hydrogens (tertiary/aromatic N) is 6. The third kappa shape index (κ3) is 3.45. The van der Waals surface area contributed by atoms with Crippen LogP contribution in [0.5, 0.6) is 0 Å². The Kier molecular flexibility index (Phi) is 4.20. The van der Waals surface area contributed by atoms with Crippen LogP contribution in [0.25, 0.3) is 5.78 Å². The van der Waals surface area contributed by atoms with Crippen molar-refractivity contribution < 1.29 is 4.79 Å². The van der Waals surface area contributed by atoms with Crippen LogP contribution in [0.1, 0.15) is 17.1 Å². The van der Waals surface area contributed by atoms with E-state index in [1.165, 1.54) is 11.8 Å². The first-order valence-corrected chi connectivity index (χ1v) is 7.93. The van der Waals surface area contributed by atoms with Crippen molar-refractivity contribution >= 4 is 29.4 Å². The van der Waals surface area contributed by atoms with Crippen molar-refractivity contribution in [2.45, 2.75) is 25.9 Å². The summed E-state index contributed by atoms with van der Waals surface area (Å²) in [4.78, 5) is 24.5. The predicted octanol–water partition coefficient (Wildman–Crippen LogP) is 1.57. The SMILES string of the molecule is Cc1ccnc(NC(=O)CSc2nnc3nc(C)cc(C)n23)n1. The van der Waals surface area contributed by atoms with Gasteiger partial charge in [0, 0.05) is 23.3 Å². The summed E-state index contributed by atoms with van der Waals surface area (Å²) in [5, 5.41) is 11.4. The number of carbonyl (C=O) groups is 1. The highest BCUT2D eigenvalue weighted by molar-refractivity contribution is 7.99. The topological polar surface area (TPSA) is 98.0 Å². The summed E-state index contributed by atoms with van der Waals surface area (Å²) >= 11 is 1.29. The summed E-state index contributed by atoms with van der Waals surface area (Å²) < 4.78 is 1.83. The Morgan fingerprint density at radius 3 is 2.83 bits per heavy atom. The molecule has 0 unspecified atom stereocenters. The van der Waals surface area contributed by atoms with E-state index in [-0.39, 0.29) is 11.7 Å². The standard InChI is InChI=1S/C14H15N7OS/c1-8-4-5-15-12(16-8)18-11(22)7-23-14-20-19-13-17-9(2)6-10(3)21(13)14/h4-6H,7H2,1-3H3,(H,15,16,18,22). The molecule has 0 fully saturated rings. The lowest BCUT2D eigenvalue weighted by atomic mass is 10.3. The molecular weight excluding hydrogens is 314 g/mol. The molecule has 0 aliphatic heterocycles. The second-order valence-electron chi connectivity index (χ2n) is 5.02. The zero-order valence-corrected chi connectivity index (χ0v) is 13.8. The van der Waals surface area contributed by atoms with Gasteiger partial charge in [-0.3, -0.25) is 14.5 Å². The summed E-state index contributed by atoms with van der Waals surface area (Å²) in [6.45, 7) is 5.70. The molecule has 8 nitrogen and oxygen atoms in total. The van der Waals surface area contributed by atoms with Crippen molar-refractivity contribution in [3.63, 3.8) is 0 Å². The number of aromatic nitrogens is 6. The molecule has 23 heavy (non-hydrogen) atoms. The Labute approximate surface area is 136 Å². The van der Waals surface area contributed by atoms with Gasteiger partial charge in [-0.05, 0) is 32.9 Å². The van der Waals surface area contributed by atoms with E-state index in [0.29, 0.717) is 16.9 Å². The number of carbonyl (C=O) groups excluding carboxylic acids is 1. The molecule has 3 aromatic heterocycles. The first-order valence-electron chi connectivity index (χ1n) is 6.94. The first kappa shape index (κ1) is 15.3. The molecular formula is C14H15N7OS. The normalized spacial score (nSPS) is 10.9. The van der Waals surface area contributed by atoms with Gasteiger partial charge in [0.1, 0.15) is 0 Å². The maximum Gasteiger partial charge on any atom is 0.256 e. The predicted molar refractivity (Wildman–Crippen MR) is 86.4 cm³/mol. The number of aryl methyl sites for hydroxylation is 3. The number of fused-ring (bicyclic) bond motifs is 1. The fraction of sp³-hybridized carbons (Fsp3) is 0.286. The van der Waals surface area contributed by atoms with Gasteiger partial charge in [0.25, 0.3) is 5.78 Å². The van der Waals surface area contributed by atoms with Crippen LogP contribution in [0.15, 0.2) is 23.5 Å². The molecule has 1 N–H and O–H groups in total. The number of thioether (sulfide) groups is 1. The van der Waals surface area contributed by atoms with Crippen LogP contribution in [0.4, 0.5) is 5.95 Å². The number of rotatable bonds is 4. The van der Waals surface area contributed by atoms with Gasteiger partial charge < -0.3 is 0 Å². The molecule has 0 aliphatic rings. The molecule has 9 heteroatoms. The molecule has 0 saturated heterocycles. The van der Waals surface area contributed by atoms with Crippen molar-refractivity contribution in [2.75, 3.05) is 11.1 Å². The van der Waals surface area contributed by atoms with Crippen LogP contribution in [-0.4, -0.2) is 41.2 Å². The van der Waals surface area contributed by atoms with Gasteiger partial charge in [0.15, 0.2) is 5.16 Å². The lowest BCUT2D eigenvalue weighted by Crippen LogP contribution is -2.16. The largest absolute Gasteiger partial charge is 0.294 e. The van der Waals surface area contributed by atoms with E-state index < -0.39 is 0 Å². The monoisotopic (exact) mass is 329 g/mol. The first-order chi connectivity index (χ1) is 11.0. The maximum atomic E-state index is 12.0. The minimum atomic E-state index is -0.199. The van der Waals surface area contributed by atoms with Crippen molar-refractivity contribution in [3.8, 4) is 0 Å². The molecule has 0 spiro atoms. The summed E-state index contributed by atoms with van der Waals surface area (Å²) in [6.07, 6.45) is 1.61. The lowest BCUT2D eigenvalue weighted by molar-refractivity contribution is -0.113. The number of amides is 1. The molecule has 0 aromatic carbocycles. The molecule has 0 atom stereocenters. The molecule has 0 bridgehead atoms. The second-order valence-corrected chi connectivity index (χ2v) is 5.96. The Hall–Kier alpha value is -2.55. The van der Waals surface area contributed by atoms with Crippen molar-refractivity contribution in [3.05, 3.63) is 35.4 Å². The lowest BCUT2D eigenvalue weighted by Gasteiger charge is -2.05. The Morgan fingerprint density at radius 2 is 2.04 bits per heavy atom. The molecule has 3 heterocycles. The van der Waals surface area contributed by atoms with Crippen LogP contribution in [0, 0.1) is 20.8 Å². The molecule has 0 aliphatic carbocycles. The van der Waals surface area contributed by atoms with Gasteiger partial charge in [-0.1, -0.05) is 11.8 Å². The van der Waals surface area contributed by atoms with Crippen LogP contribution in [-0.2, 0) is 4.79 Å². The third-order valence-electron chi connectivity index (χ3n) is 3.04. The summed E-state index contributed by atoms with van der Waals surface area (Å²) in [7, 11) is 0. The second kappa shape index (κ2) is 6.29. The van der Waals surface area contributed by atoms with Crippen molar-refractivity contribution in [2.24, 2.45) is 0 Å². The van der Waals surface area contributed by atoms with Gasteiger partial charge in [-0.15, -0.1) is 10.2 Å². The third-order valence-corrected chi connectivity index (χ3v) is 3.97. The number of hydrogen-bond acceptors (Lipinski definition) is 7. The van der Waals surface area contributed by atoms with Gasteiger partial charge >= 0.3 is 0 Å². The highest BCUT2D eigenvalue weighted by Gasteiger charge is 2.13. The van der Waals surface area contributed by atoms with E-state index in [2.05, 4.69) is 30.5 Å². The average molecular weight is 329 g/mol. The van der Waals surface area contributed by atoms with Gasteiger partial charge in [-0.2, -0.15) is 0 Å². The highest BCUT2D eigenvalue weighted by Crippen LogP contribution is 2.18. The van der Waals surface area contributed by atoms with E-state index in [9.17, 15) is 4.79 Å². The summed E-state index contributed by atoms with van der Waals surface area (Å²) in [6, 6.07) is 3.71. The van der Waals surface area contributed by atoms with Crippen LogP contribution in [0.2, 0.25) is 0 Å². The smallest absolute Gasteiger partial charge is 0.256 e. The van der Waals surface area contributed by atoms with Gasteiger partial charge in [0.05, 0.1) is 5.75 Å². The fourth-order valence-electron chi connectivity index (χ4n) is 2.09. The summed E-state index contributed by atoms with van der Waals surface area (Å²) in [5.41, 5.74) is 2.65. The minimum Gasteiger partial charge on any atom is -0.294 e. The molecule has 0 radical (unpaired) electrons. The van der Waals surface area contributed by atoms with E-state index in [1.54, 1.807) is 12.3 Å². The summed E-state index contributed by atoms with van der Waals surface area (Å²) in [5.74, 6) is 0.823. The molecule has 3 aromatic rings. The van der Waals surface area contributed by atoms with Crippen LogP contribution < -0.4 is 5.32 Å². The minimum absolute atomic E-state index is 0.186. The molecule has 0 saturated carbocycles. The van der Waals surface area contributed by atoms with E-state index in [4.69, 9.17) is 0 Å². The van der Waals surface area contributed by atoms with Crippen molar-refractivity contribution in [1.29, 1.82) is 0 Å². The van der Waals surface area contributed by atoms with Crippen LogP contribution in [0.3, 0.4) is 0 Å². The Morgan fingerprint density at radius 1 is 1.22 bits per heavy atom. The Bertz CT molecular complexity index is 877. The fourth-order valence-corrected chi connectivity index (χ4v) is 2.88. The average Bonchev–Trinajstić information content (AvgIpc) is 2.88. The number of nitrogens with one attached hydrogen (secondary N) is 1. The number of hydrogen-bond donors (Lipinski definition) is 1. The van der Waals surface area contributed by atoms with Gasteiger partial charge in [-0.25, -0.2) is 15.0 Å². The molecule has 3 rings (SSSR count). The molecule has 1 amide bonds.